The van der Waals surface area contributed by atoms with Crippen LogP contribution in [0.5, 0.6) is 0 Å². The van der Waals surface area contributed by atoms with Crippen LogP contribution < -0.4 is 5.32 Å². The Morgan fingerprint density at radius 1 is 0.893 bits per heavy atom. The molecular formula is C23H27N3O2. The van der Waals surface area contributed by atoms with E-state index in [9.17, 15) is 4.79 Å². The number of carbonyl (C=O) groups is 1. The number of nitrogens with zero attached hydrogens (tertiary/aromatic N) is 2. The summed E-state index contributed by atoms with van der Waals surface area (Å²) in [5, 5.41) is 2.83. The number of hydrogen-bond acceptors (Lipinski definition) is 4. The minimum atomic E-state index is -0.252. The second-order valence-corrected chi connectivity index (χ2v) is 7.38. The van der Waals surface area contributed by atoms with Crippen molar-refractivity contribution in [2.45, 2.75) is 54.5 Å². The van der Waals surface area contributed by atoms with Crippen LogP contribution in [0, 0.1) is 41.5 Å². The number of nitrogens with one attached hydrogen (secondary N) is 1. The van der Waals surface area contributed by atoms with E-state index in [0.29, 0.717) is 24.4 Å². The second kappa shape index (κ2) is 7.97. The van der Waals surface area contributed by atoms with E-state index < -0.39 is 0 Å². The first kappa shape index (κ1) is 19.8. The molecule has 0 aliphatic rings. The summed E-state index contributed by atoms with van der Waals surface area (Å²) in [5.41, 5.74) is 9.40. The topological polar surface area (TPSA) is 68.0 Å². The van der Waals surface area contributed by atoms with Crippen LogP contribution in [-0.4, -0.2) is 15.9 Å². The van der Waals surface area contributed by atoms with Crippen molar-refractivity contribution in [1.82, 2.24) is 15.3 Å². The van der Waals surface area contributed by atoms with Crippen molar-refractivity contribution in [3.63, 3.8) is 0 Å². The lowest BCUT2D eigenvalue weighted by molar-refractivity contribution is 0.0921. The van der Waals surface area contributed by atoms with Crippen LogP contribution in [0.2, 0.25) is 0 Å². The fraction of sp³-hybridized carbons (Fsp3) is 0.348. The van der Waals surface area contributed by atoms with Gasteiger partial charge in [0.15, 0.2) is 5.76 Å². The molecule has 5 heteroatoms. The molecule has 28 heavy (non-hydrogen) atoms. The first-order valence-corrected chi connectivity index (χ1v) is 9.48. The van der Waals surface area contributed by atoms with Gasteiger partial charge >= 0.3 is 0 Å². The first-order valence-electron chi connectivity index (χ1n) is 9.48. The highest BCUT2D eigenvalue weighted by Gasteiger charge is 2.16. The summed E-state index contributed by atoms with van der Waals surface area (Å²) in [6.45, 7) is 13.0. The molecule has 1 aromatic carbocycles. The smallest absolute Gasteiger partial charge is 0.287 e. The van der Waals surface area contributed by atoms with Gasteiger partial charge in [-0.1, -0.05) is 0 Å². The Kier molecular flexibility index (Phi) is 5.63. The molecule has 0 aliphatic carbocycles. The largest absolute Gasteiger partial charge is 0.456 e. The summed E-state index contributed by atoms with van der Waals surface area (Å²) in [7, 11) is 0. The van der Waals surface area contributed by atoms with Crippen LogP contribution in [0.25, 0.3) is 0 Å². The first-order chi connectivity index (χ1) is 13.3. The van der Waals surface area contributed by atoms with Gasteiger partial charge in [0, 0.05) is 12.6 Å². The number of furan rings is 1. The molecule has 0 bridgehead atoms. The zero-order valence-electron chi connectivity index (χ0n) is 17.4. The molecule has 1 amide bonds. The predicted octanol–water partition coefficient (Wildman–Crippen LogP) is 4.44. The number of amides is 1. The van der Waals surface area contributed by atoms with Crippen LogP contribution in [-0.2, 0) is 13.0 Å². The Labute approximate surface area is 166 Å². The maximum atomic E-state index is 12.4. The van der Waals surface area contributed by atoms with E-state index in [1.807, 2.05) is 13.0 Å². The molecule has 0 unspecified atom stereocenters. The zero-order chi connectivity index (χ0) is 20.4. The summed E-state index contributed by atoms with van der Waals surface area (Å²) in [5.74, 6) is 0.846. The minimum absolute atomic E-state index is 0.252. The monoisotopic (exact) mass is 377 g/mol. The Morgan fingerprint density at radius 3 is 2.14 bits per heavy atom. The summed E-state index contributed by atoms with van der Waals surface area (Å²) in [6, 6.07) is 3.61. The lowest BCUT2D eigenvalue weighted by Gasteiger charge is -2.18. The number of carbonyl (C=O) groups excluding carboxylic acids is 1. The maximum absolute atomic E-state index is 12.4. The van der Waals surface area contributed by atoms with Gasteiger partial charge in [-0.3, -0.25) is 14.8 Å². The Hall–Kier alpha value is -2.95. The van der Waals surface area contributed by atoms with Crippen molar-refractivity contribution in [3.05, 3.63) is 80.8 Å². The van der Waals surface area contributed by atoms with E-state index in [1.54, 1.807) is 18.5 Å². The lowest BCUT2D eigenvalue weighted by Crippen LogP contribution is -2.22. The molecule has 0 saturated carbocycles. The Bertz CT molecular complexity index is 988. The molecule has 3 aromatic rings. The molecule has 0 saturated heterocycles. The fourth-order valence-electron chi connectivity index (χ4n) is 3.38. The van der Waals surface area contributed by atoms with Gasteiger partial charge in [0.05, 0.1) is 24.1 Å². The number of aryl methyl sites for hydroxylation is 1. The normalized spacial score (nSPS) is 10.9. The van der Waals surface area contributed by atoms with Gasteiger partial charge < -0.3 is 9.73 Å². The third-order valence-electron chi connectivity index (χ3n) is 5.66. The van der Waals surface area contributed by atoms with Gasteiger partial charge in [-0.2, -0.15) is 0 Å². The zero-order valence-corrected chi connectivity index (χ0v) is 17.4. The third-order valence-corrected chi connectivity index (χ3v) is 5.66. The van der Waals surface area contributed by atoms with Gasteiger partial charge in [-0.05, 0) is 87.1 Å². The van der Waals surface area contributed by atoms with E-state index >= 15 is 0 Å². The standard InChI is InChI=1S/C23H27N3O2/c1-13-10-25-19(11-24-13)12-26-23(27)22-8-7-20(28-22)9-21-17(5)15(3)14(2)16(4)18(21)6/h7-8,10-11H,9,12H2,1-6H3,(H,26,27). The second-order valence-electron chi connectivity index (χ2n) is 7.38. The van der Waals surface area contributed by atoms with Crippen LogP contribution in [0.3, 0.4) is 0 Å². The van der Waals surface area contributed by atoms with Crippen molar-refractivity contribution in [1.29, 1.82) is 0 Å². The molecule has 146 valence electrons. The molecule has 2 heterocycles. The van der Waals surface area contributed by atoms with Gasteiger partial charge in [0.1, 0.15) is 5.76 Å². The molecule has 5 nitrogen and oxygen atoms in total. The van der Waals surface area contributed by atoms with E-state index in [0.717, 1.165) is 11.5 Å². The van der Waals surface area contributed by atoms with Gasteiger partial charge in [-0.15, -0.1) is 0 Å². The number of aromatic nitrogens is 2. The number of hydrogen-bond donors (Lipinski definition) is 1. The Morgan fingerprint density at radius 2 is 1.54 bits per heavy atom. The summed E-state index contributed by atoms with van der Waals surface area (Å²) < 4.78 is 5.83. The van der Waals surface area contributed by atoms with Crippen molar-refractivity contribution in [2.24, 2.45) is 0 Å². The highest BCUT2D eigenvalue weighted by atomic mass is 16.3. The van der Waals surface area contributed by atoms with Crippen LogP contribution in [0.1, 0.15) is 61.1 Å². The summed E-state index contributed by atoms with van der Waals surface area (Å²) >= 11 is 0. The third kappa shape index (κ3) is 3.98. The molecular weight excluding hydrogens is 350 g/mol. The molecule has 1 N–H and O–H groups in total. The van der Waals surface area contributed by atoms with E-state index in [-0.39, 0.29) is 5.91 Å². The fourth-order valence-corrected chi connectivity index (χ4v) is 3.38. The average molecular weight is 377 g/mol. The Balaban J connectivity index is 1.72. The van der Waals surface area contributed by atoms with E-state index in [1.165, 1.54) is 33.4 Å². The van der Waals surface area contributed by atoms with Crippen LogP contribution in [0.4, 0.5) is 0 Å². The summed E-state index contributed by atoms with van der Waals surface area (Å²) in [4.78, 5) is 20.8. The number of benzene rings is 1. The highest BCUT2D eigenvalue weighted by Crippen LogP contribution is 2.28. The lowest BCUT2D eigenvalue weighted by atomic mass is 9.88. The molecule has 0 spiro atoms. The maximum Gasteiger partial charge on any atom is 0.287 e. The highest BCUT2D eigenvalue weighted by molar-refractivity contribution is 5.91. The minimum Gasteiger partial charge on any atom is -0.456 e. The molecule has 0 aliphatic heterocycles. The van der Waals surface area contributed by atoms with Gasteiger partial charge in [0.25, 0.3) is 5.91 Å². The molecule has 0 radical (unpaired) electrons. The molecule has 3 rings (SSSR count). The van der Waals surface area contributed by atoms with Crippen molar-refractivity contribution < 1.29 is 9.21 Å². The van der Waals surface area contributed by atoms with Crippen molar-refractivity contribution in [2.75, 3.05) is 0 Å². The molecule has 0 atom stereocenters. The van der Waals surface area contributed by atoms with Crippen LogP contribution in [0.15, 0.2) is 28.9 Å². The number of rotatable bonds is 5. The van der Waals surface area contributed by atoms with Crippen LogP contribution >= 0.6 is 0 Å². The van der Waals surface area contributed by atoms with Gasteiger partial charge in [0.2, 0.25) is 0 Å². The molecule has 0 fully saturated rings. The quantitative estimate of drug-likeness (QED) is 0.714. The van der Waals surface area contributed by atoms with Crippen molar-refractivity contribution >= 4 is 5.91 Å². The summed E-state index contributed by atoms with van der Waals surface area (Å²) in [6.07, 6.45) is 4.02. The van der Waals surface area contributed by atoms with Crippen molar-refractivity contribution in [3.8, 4) is 0 Å². The SMILES string of the molecule is Cc1cnc(CNC(=O)c2ccc(Cc3c(C)c(C)c(C)c(C)c3C)o2)cn1. The predicted molar refractivity (Wildman–Crippen MR) is 110 cm³/mol. The van der Waals surface area contributed by atoms with E-state index in [4.69, 9.17) is 4.42 Å². The molecule has 2 aromatic heterocycles. The average Bonchev–Trinajstić information content (AvgIpc) is 3.16. The van der Waals surface area contributed by atoms with Gasteiger partial charge in [-0.25, -0.2) is 0 Å². The van der Waals surface area contributed by atoms with E-state index in [2.05, 4.69) is 49.9 Å².